The number of anilines is 1. The highest BCUT2D eigenvalue weighted by atomic mass is 19.4. The molecule has 0 atom stereocenters. The summed E-state index contributed by atoms with van der Waals surface area (Å²) in [6, 6.07) is 8.93. The Labute approximate surface area is 156 Å². The minimum absolute atomic E-state index is 0.00328. The van der Waals surface area contributed by atoms with E-state index in [1.165, 1.54) is 6.07 Å². The summed E-state index contributed by atoms with van der Waals surface area (Å²) in [7, 11) is 0. The van der Waals surface area contributed by atoms with Gasteiger partial charge in [0.15, 0.2) is 23.1 Å². The zero-order chi connectivity index (χ0) is 20.3. The molecule has 1 heterocycles. The summed E-state index contributed by atoms with van der Waals surface area (Å²) in [4.78, 5) is 0. The molecule has 0 amide bonds. The zero-order valence-corrected chi connectivity index (χ0v) is 14.0. The van der Waals surface area contributed by atoms with E-state index in [4.69, 9.17) is 30.6 Å². The third-order valence-electron chi connectivity index (χ3n) is 3.53. The van der Waals surface area contributed by atoms with Crippen molar-refractivity contribution in [2.75, 3.05) is 12.2 Å². The molecule has 0 radical (unpaired) electrons. The van der Waals surface area contributed by atoms with Gasteiger partial charge in [0.05, 0.1) is 11.3 Å². The van der Waals surface area contributed by atoms with Crippen LogP contribution in [0.3, 0.4) is 0 Å². The number of nitriles is 1. The molecule has 1 aliphatic heterocycles. The van der Waals surface area contributed by atoms with Crippen molar-refractivity contribution in [2.45, 2.75) is 6.18 Å². The lowest BCUT2D eigenvalue weighted by atomic mass is 10.2. The first kappa shape index (κ1) is 18.8. The fraction of sp³-hybridized carbons (Fsp3) is 0.118. The third kappa shape index (κ3) is 4.07. The summed E-state index contributed by atoms with van der Waals surface area (Å²) in [6.45, 7) is 0.0581. The summed E-state index contributed by atoms with van der Waals surface area (Å²) in [5, 5.41) is 19.6. The van der Waals surface area contributed by atoms with Crippen LogP contribution in [-0.2, 0) is 6.18 Å². The maximum Gasteiger partial charge on any atom is 0.416 e. The number of ether oxygens (including phenoxy) is 3. The maximum atomic E-state index is 13.0. The molecule has 0 saturated carbocycles. The predicted molar refractivity (Wildman–Crippen MR) is 92.7 cm³/mol. The van der Waals surface area contributed by atoms with E-state index in [-0.39, 0.29) is 24.0 Å². The number of hydrazone groups is 1. The van der Waals surface area contributed by atoms with E-state index >= 15 is 0 Å². The van der Waals surface area contributed by atoms with Gasteiger partial charge in [0.1, 0.15) is 11.8 Å². The molecule has 2 aromatic rings. The molecule has 144 valence electrons. The van der Waals surface area contributed by atoms with Crippen LogP contribution in [0.4, 0.5) is 18.9 Å². The fourth-order valence-corrected chi connectivity index (χ4v) is 2.21. The van der Waals surface area contributed by atoms with Gasteiger partial charge in [-0.25, -0.2) is 0 Å². The molecule has 0 aliphatic carbocycles. The molecular weight excluding hydrogens is 379 g/mol. The Bertz CT molecular complexity index is 999. The van der Waals surface area contributed by atoms with Crippen LogP contribution in [-0.4, -0.2) is 18.3 Å². The first-order valence-electron chi connectivity index (χ1n) is 7.65. The number of benzene rings is 2. The van der Waals surface area contributed by atoms with Crippen LogP contribution >= 0.6 is 0 Å². The quantitative estimate of drug-likeness (QED) is 0.407. The van der Waals surface area contributed by atoms with Gasteiger partial charge in [-0.1, -0.05) is 0 Å². The van der Waals surface area contributed by atoms with E-state index < -0.39 is 23.3 Å². The van der Waals surface area contributed by atoms with Crippen molar-refractivity contribution in [1.29, 1.82) is 10.7 Å². The Hall–Kier alpha value is -3.94. The minimum Gasteiger partial charge on any atom is -0.455 e. The van der Waals surface area contributed by atoms with Gasteiger partial charge < -0.3 is 19.9 Å². The average molecular weight is 391 g/mol. The van der Waals surface area contributed by atoms with Gasteiger partial charge in [-0.05, 0) is 30.3 Å². The Kier molecular flexibility index (Phi) is 4.95. The third-order valence-corrected chi connectivity index (χ3v) is 3.53. The molecule has 0 unspecified atom stereocenters. The first-order chi connectivity index (χ1) is 13.3. The lowest BCUT2D eigenvalue weighted by molar-refractivity contribution is -0.137. The van der Waals surface area contributed by atoms with Crippen molar-refractivity contribution >= 4 is 17.2 Å². The van der Waals surface area contributed by atoms with Gasteiger partial charge in [0, 0.05) is 6.07 Å². The van der Waals surface area contributed by atoms with E-state index in [9.17, 15) is 13.2 Å². The van der Waals surface area contributed by atoms with Crippen molar-refractivity contribution in [3.8, 4) is 29.1 Å². The lowest BCUT2D eigenvalue weighted by Gasteiger charge is -2.14. The number of amidine groups is 1. The van der Waals surface area contributed by atoms with E-state index in [2.05, 4.69) is 10.5 Å². The van der Waals surface area contributed by atoms with E-state index in [1.807, 2.05) is 0 Å². The minimum atomic E-state index is -4.60. The molecule has 0 aromatic heterocycles. The second-order valence-electron chi connectivity index (χ2n) is 5.42. The number of fused-ring (bicyclic) bond motifs is 1. The second kappa shape index (κ2) is 7.36. The van der Waals surface area contributed by atoms with Crippen LogP contribution in [0.15, 0.2) is 41.5 Å². The van der Waals surface area contributed by atoms with Gasteiger partial charge in [0.25, 0.3) is 0 Å². The summed E-state index contributed by atoms with van der Waals surface area (Å²) >= 11 is 0. The molecule has 0 saturated heterocycles. The average Bonchev–Trinajstić information content (AvgIpc) is 3.10. The highest BCUT2D eigenvalue weighted by Gasteiger charge is 2.31. The molecule has 0 fully saturated rings. The summed E-state index contributed by atoms with van der Waals surface area (Å²) < 4.78 is 55.1. The summed E-state index contributed by atoms with van der Waals surface area (Å²) in [5.74, 6) is 0.586. The highest BCUT2D eigenvalue weighted by Crippen LogP contribution is 2.40. The Morgan fingerprint density at radius 1 is 1.21 bits per heavy atom. The molecule has 2 aromatic carbocycles. The van der Waals surface area contributed by atoms with Gasteiger partial charge >= 0.3 is 6.18 Å². The van der Waals surface area contributed by atoms with Crippen LogP contribution < -0.4 is 25.4 Å². The molecular formula is C17H12F3N5O3. The van der Waals surface area contributed by atoms with Crippen molar-refractivity contribution < 1.29 is 27.4 Å². The largest absolute Gasteiger partial charge is 0.455 e. The predicted octanol–water partition coefficient (Wildman–Crippen LogP) is 3.45. The molecule has 8 nitrogen and oxygen atoms in total. The number of nitrogens with two attached hydrogens (primary N) is 1. The molecule has 1 aliphatic rings. The Morgan fingerprint density at radius 3 is 2.64 bits per heavy atom. The standard InChI is InChI=1S/C17H12F3N5O3/c18-17(19,20)9-1-3-13(11(5-9)24-25-12(7-21)16(22)23)28-10-2-4-14-15(6-10)27-8-26-14/h1-6,24H,8H2,(H3,22,23)/b25-12+. The molecule has 3 rings (SSSR count). The molecule has 0 spiro atoms. The monoisotopic (exact) mass is 391 g/mol. The normalized spacial score (nSPS) is 13.0. The number of alkyl halides is 3. The molecule has 28 heavy (non-hydrogen) atoms. The van der Waals surface area contributed by atoms with Crippen LogP contribution in [0.1, 0.15) is 5.56 Å². The van der Waals surface area contributed by atoms with Crippen LogP contribution in [0.25, 0.3) is 0 Å². The summed E-state index contributed by atoms with van der Waals surface area (Å²) in [5.41, 5.74) is 5.84. The van der Waals surface area contributed by atoms with Crippen molar-refractivity contribution in [3.05, 3.63) is 42.0 Å². The molecule has 11 heteroatoms. The van der Waals surface area contributed by atoms with Crippen LogP contribution in [0.5, 0.6) is 23.0 Å². The summed E-state index contributed by atoms with van der Waals surface area (Å²) in [6.07, 6.45) is -4.60. The van der Waals surface area contributed by atoms with Gasteiger partial charge in [-0.3, -0.25) is 10.8 Å². The number of nitrogens with zero attached hydrogens (tertiary/aromatic N) is 2. The molecule has 0 bridgehead atoms. The van der Waals surface area contributed by atoms with E-state index in [1.54, 1.807) is 18.2 Å². The maximum absolute atomic E-state index is 13.0. The zero-order valence-electron chi connectivity index (χ0n) is 14.0. The number of nitrogens with one attached hydrogen (secondary N) is 2. The smallest absolute Gasteiger partial charge is 0.416 e. The van der Waals surface area contributed by atoms with Crippen LogP contribution in [0, 0.1) is 16.7 Å². The second-order valence-corrected chi connectivity index (χ2v) is 5.42. The SMILES string of the molecule is N#C/C(=N\Nc1cc(C(F)(F)F)ccc1Oc1ccc2c(c1)OCO2)C(=N)N. The fourth-order valence-electron chi connectivity index (χ4n) is 2.21. The van der Waals surface area contributed by atoms with E-state index in [0.717, 1.165) is 18.2 Å². The number of hydrogen-bond acceptors (Lipinski definition) is 7. The van der Waals surface area contributed by atoms with Crippen molar-refractivity contribution in [3.63, 3.8) is 0 Å². The lowest BCUT2D eigenvalue weighted by Crippen LogP contribution is -2.22. The first-order valence-corrected chi connectivity index (χ1v) is 7.65. The van der Waals surface area contributed by atoms with E-state index in [0.29, 0.717) is 11.5 Å². The van der Waals surface area contributed by atoms with Crippen molar-refractivity contribution in [2.24, 2.45) is 10.8 Å². The Morgan fingerprint density at radius 2 is 1.96 bits per heavy atom. The van der Waals surface area contributed by atoms with Crippen molar-refractivity contribution in [1.82, 2.24) is 0 Å². The highest BCUT2D eigenvalue weighted by molar-refractivity contribution is 6.45. The van der Waals surface area contributed by atoms with Gasteiger partial charge in [0.2, 0.25) is 12.5 Å². The number of hydrogen-bond donors (Lipinski definition) is 3. The number of rotatable bonds is 5. The number of halogens is 3. The molecule has 4 N–H and O–H groups in total. The van der Waals surface area contributed by atoms with Gasteiger partial charge in [-0.15, -0.1) is 0 Å². The Balaban J connectivity index is 1.95. The van der Waals surface area contributed by atoms with Gasteiger partial charge in [-0.2, -0.15) is 23.5 Å². The van der Waals surface area contributed by atoms with Crippen LogP contribution in [0.2, 0.25) is 0 Å². The topological polar surface area (TPSA) is 126 Å².